The number of aromatic nitrogens is 1. The van der Waals surface area contributed by atoms with Crippen molar-refractivity contribution in [1.82, 2.24) is 9.88 Å². The van der Waals surface area contributed by atoms with E-state index in [1.54, 1.807) is 11.8 Å². The second kappa shape index (κ2) is 9.31. The molecule has 1 aromatic carbocycles. The normalized spacial score (nSPS) is 31.4. The van der Waals surface area contributed by atoms with Crippen LogP contribution in [0.5, 0.6) is 0 Å². The van der Waals surface area contributed by atoms with Gasteiger partial charge < -0.3 is 15.0 Å². The lowest BCUT2D eigenvalue weighted by molar-refractivity contribution is -0.142. The van der Waals surface area contributed by atoms with Crippen molar-refractivity contribution < 1.29 is 19.5 Å². The molecule has 10 heteroatoms. The van der Waals surface area contributed by atoms with Crippen LogP contribution in [0, 0.1) is 29.6 Å². The molecule has 2 aliphatic heterocycles. The van der Waals surface area contributed by atoms with Gasteiger partial charge in [0.1, 0.15) is 0 Å². The molecule has 37 heavy (non-hydrogen) atoms. The molecule has 0 radical (unpaired) electrons. The van der Waals surface area contributed by atoms with E-state index in [9.17, 15) is 19.2 Å². The first-order chi connectivity index (χ1) is 17.8. The van der Waals surface area contributed by atoms with Crippen molar-refractivity contribution in [2.75, 3.05) is 24.5 Å². The fourth-order valence-electron chi connectivity index (χ4n) is 7.54. The predicted molar refractivity (Wildman–Crippen MR) is 142 cm³/mol. The lowest BCUT2D eigenvalue weighted by atomic mass is 9.68. The number of aliphatic carboxylic acids is 1. The number of H-pyrrole nitrogens is 1. The highest BCUT2D eigenvalue weighted by atomic mass is 32.2. The molecular weight excluding hydrogens is 510 g/mol. The Kier molecular flexibility index (Phi) is 6.22. The van der Waals surface area contributed by atoms with Crippen molar-refractivity contribution in [3.8, 4) is 0 Å². The van der Waals surface area contributed by atoms with Gasteiger partial charge >= 0.3 is 10.8 Å². The Morgan fingerprint density at radius 3 is 2.41 bits per heavy atom. The summed E-state index contributed by atoms with van der Waals surface area (Å²) in [4.78, 5) is 58.0. The monoisotopic (exact) mass is 541 g/mol. The van der Waals surface area contributed by atoms with Crippen molar-refractivity contribution in [1.29, 1.82) is 0 Å². The third kappa shape index (κ3) is 3.78. The number of carboxylic acid groups (broad SMARTS) is 1. The maximum Gasteiger partial charge on any atom is 0.305 e. The summed E-state index contributed by atoms with van der Waals surface area (Å²) in [6.45, 7) is 6.31. The number of anilines is 1. The van der Waals surface area contributed by atoms with E-state index >= 15 is 0 Å². The van der Waals surface area contributed by atoms with E-state index in [0.29, 0.717) is 0 Å². The zero-order valence-corrected chi connectivity index (χ0v) is 22.5. The van der Waals surface area contributed by atoms with E-state index in [1.165, 1.54) is 21.9 Å². The minimum Gasteiger partial charge on any atom is -0.481 e. The average Bonchev–Trinajstić information content (AvgIpc) is 3.60. The Hall–Kier alpha value is -2.59. The van der Waals surface area contributed by atoms with Gasteiger partial charge in [0.15, 0.2) is 0 Å². The summed E-state index contributed by atoms with van der Waals surface area (Å²) in [5, 5.41) is 10.1. The number of amides is 2. The molecule has 2 aromatic rings. The largest absolute Gasteiger partial charge is 0.481 e. The Bertz CT molecular complexity index is 1300. The lowest BCUT2D eigenvalue weighted by Crippen LogP contribution is -2.42. The quantitative estimate of drug-likeness (QED) is 0.491. The molecule has 0 unspecified atom stereocenters. The van der Waals surface area contributed by atoms with Crippen molar-refractivity contribution in [2.24, 2.45) is 29.6 Å². The number of benzene rings is 1. The number of likely N-dealkylation sites (tertiary alicyclic amines) is 1. The minimum atomic E-state index is -0.920. The zero-order chi connectivity index (χ0) is 26.0. The third-order valence-electron chi connectivity index (χ3n) is 8.97. The molecule has 2 amide bonds. The SMILES string of the molecule is CCN(CC)c1ccc([C@H]2c3sc(=O)[nH]c3S[C@@H]3[C@H]4C[C@@H]([C@@H]5C(=O)N(CCCC(=O)O)C(=O)[C@@H]45)[C@@H]23)cc1. The first-order valence-corrected chi connectivity index (χ1v) is 14.8. The second-order valence-electron chi connectivity index (χ2n) is 10.5. The van der Waals surface area contributed by atoms with Gasteiger partial charge in [-0.25, -0.2) is 0 Å². The van der Waals surface area contributed by atoms with Gasteiger partial charge in [-0.15, -0.1) is 11.8 Å². The van der Waals surface area contributed by atoms with Crippen molar-refractivity contribution in [2.45, 2.75) is 49.3 Å². The fraction of sp³-hybridized carbons (Fsp3) is 0.556. The summed E-state index contributed by atoms with van der Waals surface area (Å²) in [7, 11) is 0. The number of hydrogen-bond donors (Lipinski definition) is 2. The van der Waals surface area contributed by atoms with E-state index in [0.717, 1.165) is 35.0 Å². The molecule has 1 saturated heterocycles. The Balaban J connectivity index is 1.35. The van der Waals surface area contributed by atoms with Crippen molar-refractivity contribution in [3.63, 3.8) is 0 Å². The molecule has 1 aromatic heterocycles. The van der Waals surface area contributed by atoms with E-state index in [4.69, 9.17) is 5.11 Å². The number of carbonyl (C=O) groups excluding carboxylic acids is 2. The maximum absolute atomic E-state index is 13.5. The van der Waals surface area contributed by atoms with Gasteiger partial charge in [0.25, 0.3) is 0 Å². The Labute approximate surface area is 223 Å². The van der Waals surface area contributed by atoms with Crippen LogP contribution in [0.1, 0.15) is 49.5 Å². The van der Waals surface area contributed by atoms with Gasteiger partial charge in [0, 0.05) is 47.8 Å². The summed E-state index contributed by atoms with van der Waals surface area (Å²) in [5.74, 6) is -1.49. The van der Waals surface area contributed by atoms with E-state index in [2.05, 4.69) is 48.0 Å². The van der Waals surface area contributed by atoms with Gasteiger partial charge in [-0.1, -0.05) is 23.5 Å². The number of thiazole rings is 1. The molecule has 2 saturated carbocycles. The van der Waals surface area contributed by atoms with E-state index in [-0.39, 0.29) is 76.8 Å². The van der Waals surface area contributed by atoms with Crippen LogP contribution in [0.4, 0.5) is 5.69 Å². The van der Waals surface area contributed by atoms with E-state index in [1.807, 2.05) is 0 Å². The third-order valence-corrected chi connectivity index (χ3v) is 11.6. The summed E-state index contributed by atoms with van der Waals surface area (Å²) >= 11 is 2.96. The maximum atomic E-state index is 13.5. The van der Waals surface area contributed by atoms with Crippen LogP contribution in [-0.2, 0) is 14.4 Å². The number of fused-ring (bicyclic) bond motifs is 9. The first kappa shape index (κ1) is 24.7. The highest BCUT2D eigenvalue weighted by Gasteiger charge is 2.69. The summed E-state index contributed by atoms with van der Waals surface area (Å²) in [5.41, 5.74) is 2.32. The van der Waals surface area contributed by atoms with Crippen LogP contribution < -0.4 is 9.77 Å². The van der Waals surface area contributed by atoms with Crippen molar-refractivity contribution in [3.05, 3.63) is 44.4 Å². The topological polar surface area (TPSA) is 111 Å². The molecule has 6 rings (SSSR count). The molecule has 0 spiro atoms. The van der Waals surface area contributed by atoms with Gasteiger partial charge in [0.2, 0.25) is 11.8 Å². The highest BCUT2D eigenvalue weighted by molar-refractivity contribution is 8.00. The Morgan fingerprint density at radius 1 is 1.08 bits per heavy atom. The molecule has 196 valence electrons. The van der Waals surface area contributed by atoms with Gasteiger partial charge in [-0.05, 0) is 62.1 Å². The molecule has 3 heterocycles. The molecular formula is C27H31N3O5S2. The molecule has 4 aliphatic rings. The van der Waals surface area contributed by atoms with Crippen LogP contribution in [0.15, 0.2) is 34.1 Å². The smallest absolute Gasteiger partial charge is 0.305 e. The van der Waals surface area contributed by atoms with Crippen molar-refractivity contribution >= 4 is 46.6 Å². The number of rotatable bonds is 8. The number of carbonyl (C=O) groups is 3. The summed E-state index contributed by atoms with van der Waals surface area (Å²) in [6, 6.07) is 8.64. The Morgan fingerprint density at radius 2 is 1.76 bits per heavy atom. The number of nitrogens with one attached hydrogen (secondary N) is 1. The number of imide groups is 1. The molecule has 2 bridgehead atoms. The lowest BCUT2D eigenvalue weighted by Gasteiger charge is -2.43. The fourth-order valence-corrected chi connectivity index (χ4v) is 10.4. The first-order valence-electron chi connectivity index (χ1n) is 13.2. The number of carboxylic acids is 1. The predicted octanol–water partition coefficient (Wildman–Crippen LogP) is 3.62. The summed E-state index contributed by atoms with van der Waals surface area (Å²) < 4.78 is 0. The molecule has 7 atom stereocenters. The molecule has 3 fully saturated rings. The van der Waals surface area contributed by atoms with E-state index < -0.39 is 5.97 Å². The van der Waals surface area contributed by atoms with Gasteiger partial charge in [0.05, 0.1) is 16.9 Å². The molecule has 8 nitrogen and oxygen atoms in total. The number of hydrogen-bond acceptors (Lipinski definition) is 7. The number of nitrogens with zero attached hydrogens (tertiary/aromatic N) is 2. The summed E-state index contributed by atoms with van der Waals surface area (Å²) in [6.07, 6.45) is 1.08. The van der Waals surface area contributed by atoms with Gasteiger partial charge in [-0.3, -0.25) is 24.1 Å². The molecule has 2 N–H and O–H groups in total. The van der Waals surface area contributed by atoms with Crippen LogP contribution in [0.3, 0.4) is 0 Å². The zero-order valence-electron chi connectivity index (χ0n) is 20.9. The number of aromatic amines is 1. The minimum absolute atomic E-state index is 0.0101. The highest BCUT2D eigenvalue weighted by Crippen LogP contribution is 2.68. The molecule has 2 aliphatic carbocycles. The second-order valence-corrected chi connectivity index (χ2v) is 12.8. The van der Waals surface area contributed by atoms with Crippen LogP contribution >= 0.6 is 23.1 Å². The number of thioether (sulfide) groups is 1. The van der Waals surface area contributed by atoms with Crippen LogP contribution in [0.25, 0.3) is 0 Å². The standard InChI is InChI=1S/C27H31N3O5S2/c1-3-29(4-2)14-9-7-13(8-10-14)18-19-15-12-16(22(19)36-24-23(18)37-27(35)28-24)21-20(15)25(33)30(26(21)34)11-5-6-17(31)32/h7-10,15-16,18-22H,3-6,11-12H2,1-2H3,(H,28,35)(H,31,32)/t15-,16+,18-,19+,20+,21+,22-/m1/s1. The van der Waals surface area contributed by atoms with Crippen LogP contribution in [-0.4, -0.2) is 57.7 Å². The average molecular weight is 542 g/mol. The van der Waals surface area contributed by atoms with Crippen LogP contribution in [0.2, 0.25) is 0 Å². The van der Waals surface area contributed by atoms with Gasteiger partial charge in [-0.2, -0.15) is 0 Å².